The van der Waals surface area contributed by atoms with Crippen molar-refractivity contribution >= 4 is 5.78 Å². The van der Waals surface area contributed by atoms with Gasteiger partial charge in [-0.3, -0.25) is 4.79 Å². The summed E-state index contributed by atoms with van der Waals surface area (Å²) < 4.78 is 1.86. The minimum atomic E-state index is -0.287. The molecule has 0 atom stereocenters. The first-order valence-corrected chi connectivity index (χ1v) is 7.72. The minimum Gasteiger partial charge on any atom is -0.298 e. The highest BCUT2D eigenvalue weighted by Crippen LogP contribution is 2.45. The van der Waals surface area contributed by atoms with E-state index in [0.717, 1.165) is 43.6 Å². The molecule has 1 aromatic heterocycles. The van der Waals surface area contributed by atoms with E-state index >= 15 is 0 Å². The number of carbonyl (C=O) groups excluding carboxylic acids is 1. The average Bonchev–Trinajstić information content (AvgIpc) is 2.86. The monoisotopic (exact) mass is 283 g/mol. The van der Waals surface area contributed by atoms with Gasteiger partial charge in [-0.25, -0.2) is 9.67 Å². The molecule has 4 heteroatoms. The van der Waals surface area contributed by atoms with Gasteiger partial charge in [-0.2, -0.15) is 5.10 Å². The third-order valence-electron chi connectivity index (χ3n) is 4.52. The van der Waals surface area contributed by atoms with Crippen LogP contribution in [0.3, 0.4) is 0 Å². The van der Waals surface area contributed by atoms with Gasteiger partial charge >= 0.3 is 0 Å². The molecular weight excluding hydrogens is 262 g/mol. The Bertz CT molecular complexity index is 614. The molecule has 0 bridgehead atoms. The van der Waals surface area contributed by atoms with Crippen molar-refractivity contribution in [2.45, 2.75) is 51.0 Å². The van der Waals surface area contributed by atoms with Gasteiger partial charge in [0, 0.05) is 6.54 Å². The van der Waals surface area contributed by atoms with E-state index in [0.29, 0.717) is 6.42 Å². The second kappa shape index (κ2) is 5.80. The summed E-state index contributed by atoms with van der Waals surface area (Å²) in [5, 5.41) is 4.21. The summed E-state index contributed by atoms with van der Waals surface area (Å²) in [6.45, 7) is 2.92. The van der Waals surface area contributed by atoms with Gasteiger partial charge in [-0.1, -0.05) is 43.7 Å². The fraction of sp³-hybridized carbons (Fsp3) is 0.471. The largest absolute Gasteiger partial charge is 0.298 e. The molecule has 1 aliphatic rings. The first-order valence-electron chi connectivity index (χ1n) is 7.72. The van der Waals surface area contributed by atoms with Crippen molar-refractivity contribution in [3.05, 3.63) is 48.0 Å². The highest BCUT2D eigenvalue weighted by Gasteiger charge is 2.45. The second-order valence-corrected chi connectivity index (χ2v) is 5.80. The Morgan fingerprint density at radius 2 is 2.05 bits per heavy atom. The van der Waals surface area contributed by atoms with E-state index in [1.54, 1.807) is 6.33 Å². The summed E-state index contributed by atoms with van der Waals surface area (Å²) in [5.74, 6) is 1.08. The Hall–Kier alpha value is -1.97. The Balaban J connectivity index is 1.82. The summed E-state index contributed by atoms with van der Waals surface area (Å²) in [6, 6.07) is 10.2. The quantitative estimate of drug-likeness (QED) is 0.819. The van der Waals surface area contributed by atoms with Gasteiger partial charge in [0.15, 0.2) is 5.78 Å². The maximum atomic E-state index is 12.9. The SMILES string of the molecule is CCCn1ncnc1CC(=O)C1(c2ccccc2)CCC1. The van der Waals surface area contributed by atoms with Gasteiger partial charge in [0.05, 0.1) is 11.8 Å². The van der Waals surface area contributed by atoms with Crippen molar-refractivity contribution in [2.24, 2.45) is 0 Å². The van der Waals surface area contributed by atoms with E-state index in [4.69, 9.17) is 0 Å². The zero-order chi connectivity index (χ0) is 14.7. The number of Topliss-reactive ketones (excluding diaryl/α,β-unsaturated/α-hetero) is 1. The van der Waals surface area contributed by atoms with E-state index in [-0.39, 0.29) is 11.2 Å². The summed E-state index contributed by atoms with van der Waals surface area (Å²) in [5.41, 5.74) is 0.868. The maximum Gasteiger partial charge on any atom is 0.150 e. The highest BCUT2D eigenvalue weighted by atomic mass is 16.1. The van der Waals surface area contributed by atoms with Crippen molar-refractivity contribution in [1.82, 2.24) is 14.8 Å². The Morgan fingerprint density at radius 3 is 2.67 bits per heavy atom. The summed E-state index contributed by atoms with van der Waals surface area (Å²) in [6.07, 6.45) is 5.97. The lowest BCUT2D eigenvalue weighted by atomic mass is 9.61. The third-order valence-corrected chi connectivity index (χ3v) is 4.52. The highest BCUT2D eigenvalue weighted by molar-refractivity contribution is 5.92. The standard InChI is InChI=1S/C17H21N3O/c1-2-11-20-16(18-13-19-20)12-15(21)17(9-6-10-17)14-7-4-3-5-8-14/h3-5,7-8,13H,2,6,9-12H2,1H3. The van der Waals surface area contributed by atoms with Crippen molar-refractivity contribution in [3.8, 4) is 0 Å². The van der Waals surface area contributed by atoms with Gasteiger partial charge in [0.2, 0.25) is 0 Å². The molecular formula is C17H21N3O. The molecule has 0 spiro atoms. The van der Waals surface area contributed by atoms with Gasteiger partial charge < -0.3 is 0 Å². The van der Waals surface area contributed by atoms with Crippen LogP contribution in [0, 0.1) is 0 Å². The fourth-order valence-electron chi connectivity index (χ4n) is 3.15. The molecule has 3 rings (SSSR count). The number of nitrogens with zero attached hydrogens (tertiary/aromatic N) is 3. The normalized spacial score (nSPS) is 16.4. The molecule has 0 amide bonds. The lowest BCUT2D eigenvalue weighted by molar-refractivity contribution is -0.127. The predicted molar refractivity (Wildman–Crippen MR) is 81.0 cm³/mol. The van der Waals surface area contributed by atoms with Crippen LogP contribution in [-0.2, 0) is 23.2 Å². The Morgan fingerprint density at radius 1 is 1.29 bits per heavy atom. The van der Waals surface area contributed by atoms with Gasteiger partial charge in [0.25, 0.3) is 0 Å². The number of benzene rings is 1. The number of rotatable bonds is 6. The number of hydrogen-bond acceptors (Lipinski definition) is 3. The molecule has 1 heterocycles. The second-order valence-electron chi connectivity index (χ2n) is 5.80. The third kappa shape index (κ3) is 2.50. The Kier molecular flexibility index (Phi) is 3.86. The van der Waals surface area contributed by atoms with Gasteiger partial charge in [-0.15, -0.1) is 0 Å². The van der Waals surface area contributed by atoms with E-state index in [9.17, 15) is 4.79 Å². The number of hydrogen-bond donors (Lipinski definition) is 0. The van der Waals surface area contributed by atoms with Crippen molar-refractivity contribution in [2.75, 3.05) is 0 Å². The fourth-order valence-corrected chi connectivity index (χ4v) is 3.15. The molecule has 1 aromatic carbocycles. The molecule has 0 saturated heterocycles. The van der Waals surface area contributed by atoms with Crippen LogP contribution in [0.25, 0.3) is 0 Å². The summed E-state index contributed by atoms with van der Waals surface area (Å²) in [7, 11) is 0. The molecule has 110 valence electrons. The van der Waals surface area contributed by atoms with Crippen LogP contribution in [0.2, 0.25) is 0 Å². The topological polar surface area (TPSA) is 47.8 Å². The molecule has 0 radical (unpaired) electrons. The van der Waals surface area contributed by atoms with Crippen LogP contribution in [-0.4, -0.2) is 20.5 Å². The van der Waals surface area contributed by atoms with Crippen LogP contribution in [0.4, 0.5) is 0 Å². The van der Waals surface area contributed by atoms with Crippen molar-refractivity contribution in [3.63, 3.8) is 0 Å². The minimum absolute atomic E-state index is 0.283. The molecule has 2 aromatic rings. The first-order chi connectivity index (χ1) is 10.3. The van der Waals surface area contributed by atoms with Crippen LogP contribution in [0.1, 0.15) is 44.0 Å². The maximum absolute atomic E-state index is 12.9. The number of aromatic nitrogens is 3. The molecule has 0 unspecified atom stereocenters. The van der Waals surface area contributed by atoms with Gasteiger partial charge in [-0.05, 0) is 24.8 Å². The lowest BCUT2D eigenvalue weighted by Gasteiger charge is -2.41. The summed E-state index contributed by atoms with van der Waals surface area (Å²) >= 11 is 0. The van der Waals surface area contributed by atoms with E-state index < -0.39 is 0 Å². The smallest absolute Gasteiger partial charge is 0.150 e. The molecule has 1 fully saturated rings. The van der Waals surface area contributed by atoms with Crippen LogP contribution >= 0.6 is 0 Å². The van der Waals surface area contributed by atoms with Crippen LogP contribution in [0.15, 0.2) is 36.7 Å². The van der Waals surface area contributed by atoms with Crippen molar-refractivity contribution in [1.29, 1.82) is 0 Å². The molecule has 0 aliphatic heterocycles. The van der Waals surface area contributed by atoms with Crippen LogP contribution in [0.5, 0.6) is 0 Å². The lowest BCUT2D eigenvalue weighted by Crippen LogP contribution is -2.43. The number of carbonyl (C=O) groups is 1. The van der Waals surface area contributed by atoms with E-state index in [1.807, 2.05) is 22.9 Å². The zero-order valence-electron chi connectivity index (χ0n) is 12.5. The number of aryl methyl sites for hydroxylation is 1. The molecule has 21 heavy (non-hydrogen) atoms. The van der Waals surface area contributed by atoms with E-state index in [1.165, 1.54) is 0 Å². The number of ketones is 1. The average molecular weight is 283 g/mol. The molecule has 4 nitrogen and oxygen atoms in total. The van der Waals surface area contributed by atoms with Crippen LogP contribution < -0.4 is 0 Å². The molecule has 0 N–H and O–H groups in total. The zero-order valence-corrected chi connectivity index (χ0v) is 12.5. The first kappa shape index (κ1) is 14.0. The molecule has 1 aliphatic carbocycles. The summed E-state index contributed by atoms with van der Waals surface area (Å²) in [4.78, 5) is 17.2. The van der Waals surface area contributed by atoms with E-state index in [2.05, 4.69) is 29.1 Å². The van der Waals surface area contributed by atoms with Gasteiger partial charge in [0.1, 0.15) is 12.2 Å². The van der Waals surface area contributed by atoms with Crippen molar-refractivity contribution < 1.29 is 4.79 Å². The molecule has 1 saturated carbocycles. The predicted octanol–water partition coefficient (Wildman–Crippen LogP) is 2.92. The Labute approximate surface area is 125 Å².